The normalized spacial score (nSPS) is 33.0. The van der Waals surface area contributed by atoms with Crippen molar-refractivity contribution in [3.05, 3.63) is 29.8 Å². The molecule has 1 aromatic carbocycles. The Morgan fingerprint density at radius 3 is 2.66 bits per heavy atom. The number of thioether (sulfide) groups is 1. The van der Waals surface area contributed by atoms with Gasteiger partial charge in [0.1, 0.15) is 0 Å². The Balaban J connectivity index is 1.29. The number of amides is 1. The molecule has 2 heterocycles. The number of hydrogen-bond acceptors (Lipinski definition) is 6. The number of sulfone groups is 1. The number of anilines is 1. The molecule has 2 N–H and O–H groups in total. The first-order chi connectivity index (χ1) is 13.8. The number of hydrogen-bond donors (Lipinski definition) is 2. The van der Waals surface area contributed by atoms with Crippen LogP contribution in [0.1, 0.15) is 38.7 Å². The summed E-state index contributed by atoms with van der Waals surface area (Å²) in [5.74, 6) is 1.64. The standard InChI is InChI=1S/C21H29N3O3S2/c1-13-4-3-5-17(14(13)2)23-20(25)10-15-6-8-16(9-7-15)22-21-24-18-11-29(26,27)12-19(18)28-21/h6-9,13-14,17-19H,3-5,10-12H2,1-2H3,(H,22,24)(H,23,25)/t13-,14-,17+,18-,19+/m1/s1. The van der Waals surface area contributed by atoms with Gasteiger partial charge in [0.25, 0.3) is 0 Å². The maximum atomic E-state index is 12.5. The minimum absolute atomic E-state index is 0.0374. The lowest BCUT2D eigenvalue weighted by molar-refractivity contribution is -0.121. The van der Waals surface area contributed by atoms with Crippen LogP contribution in [-0.2, 0) is 21.1 Å². The van der Waals surface area contributed by atoms with E-state index in [1.54, 1.807) is 0 Å². The second-order valence-corrected chi connectivity index (χ2v) is 12.1. The molecule has 2 aliphatic heterocycles. The van der Waals surface area contributed by atoms with Crippen molar-refractivity contribution in [1.29, 1.82) is 0 Å². The van der Waals surface area contributed by atoms with Crippen molar-refractivity contribution in [1.82, 2.24) is 5.32 Å². The summed E-state index contributed by atoms with van der Waals surface area (Å²) >= 11 is 1.51. The van der Waals surface area contributed by atoms with E-state index in [0.717, 1.165) is 22.8 Å². The van der Waals surface area contributed by atoms with E-state index in [9.17, 15) is 13.2 Å². The van der Waals surface area contributed by atoms with E-state index in [2.05, 4.69) is 29.5 Å². The molecule has 0 aromatic heterocycles. The fourth-order valence-electron chi connectivity index (χ4n) is 4.47. The second-order valence-electron chi connectivity index (χ2n) is 8.67. The van der Waals surface area contributed by atoms with Gasteiger partial charge in [-0.05, 0) is 36.0 Å². The Kier molecular flexibility index (Phi) is 5.93. The molecule has 1 amide bonds. The van der Waals surface area contributed by atoms with E-state index in [1.807, 2.05) is 24.3 Å². The number of aliphatic imine (C=N–C) groups is 1. The molecule has 1 aromatic rings. The third kappa shape index (κ3) is 4.97. The second kappa shape index (κ2) is 8.30. The van der Waals surface area contributed by atoms with Crippen LogP contribution in [0.4, 0.5) is 5.69 Å². The van der Waals surface area contributed by atoms with Crippen LogP contribution in [0, 0.1) is 11.8 Å². The third-order valence-corrected chi connectivity index (χ3v) is 9.58. The quantitative estimate of drug-likeness (QED) is 0.759. The van der Waals surface area contributed by atoms with Crippen molar-refractivity contribution >= 4 is 38.4 Å². The van der Waals surface area contributed by atoms with Crippen molar-refractivity contribution in [3.63, 3.8) is 0 Å². The minimum Gasteiger partial charge on any atom is -0.353 e. The van der Waals surface area contributed by atoms with Crippen LogP contribution >= 0.6 is 11.8 Å². The molecule has 3 aliphatic rings. The zero-order chi connectivity index (χ0) is 20.6. The predicted molar refractivity (Wildman–Crippen MR) is 119 cm³/mol. The first kappa shape index (κ1) is 20.7. The predicted octanol–water partition coefficient (Wildman–Crippen LogP) is 2.85. The van der Waals surface area contributed by atoms with Gasteiger partial charge in [-0.15, -0.1) is 0 Å². The van der Waals surface area contributed by atoms with Crippen LogP contribution in [0.5, 0.6) is 0 Å². The molecule has 0 spiro atoms. The average Bonchev–Trinajstić information content (AvgIpc) is 3.13. The molecule has 8 heteroatoms. The summed E-state index contributed by atoms with van der Waals surface area (Å²) in [4.78, 5) is 17.0. The van der Waals surface area contributed by atoms with Gasteiger partial charge >= 0.3 is 0 Å². The number of fused-ring (bicyclic) bond motifs is 1. The van der Waals surface area contributed by atoms with Gasteiger partial charge in [-0.1, -0.05) is 50.6 Å². The van der Waals surface area contributed by atoms with E-state index >= 15 is 0 Å². The van der Waals surface area contributed by atoms with E-state index < -0.39 is 9.84 Å². The van der Waals surface area contributed by atoms with Gasteiger partial charge in [0, 0.05) is 17.0 Å². The van der Waals surface area contributed by atoms with E-state index in [0.29, 0.717) is 18.3 Å². The highest BCUT2D eigenvalue weighted by Crippen LogP contribution is 2.34. The maximum Gasteiger partial charge on any atom is 0.224 e. The van der Waals surface area contributed by atoms with Gasteiger partial charge in [-0.25, -0.2) is 8.42 Å². The Morgan fingerprint density at radius 2 is 1.93 bits per heavy atom. The monoisotopic (exact) mass is 435 g/mol. The molecule has 1 aliphatic carbocycles. The fourth-order valence-corrected chi connectivity index (χ4v) is 8.15. The van der Waals surface area contributed by atoms with Crippen LogP contribution < -0.4 is 10.6 Å². The van der Waals surface area contributed by atoms with Crippen molar-refractivity contribution in [2.24, 2.45) is 16.8 Å². The summed E-state index contributed by atoms with van der Waals surface area (Å²) in [7, 11) is -2.93. The highest BCUT2D eigenvalue weighted by molar-refractivity contribution is 8.15. The minimum atomic E-state index is -2.93. The molecular weight excluding hydrogens is 406 g/mol. The van der Waals surface area contributed by atoms with Gasteiger partial charge in [-0.2, -0.15) is 0 Å². The Morgan fingerprint density at radius 1 is 1.17 bits per heavy atom. The van der Waals surface area contributed by atoms with Gasteiger partial charge in [0.05, 0.1) is 24.0 Å². The summed E-state index contributed by atoms with van der Waals surface area (Å²) < 4.78 is 23.3. The summed E-state index contributed by atoms with van der Waals surface area (Å²) in [6.07, 6.45) is 3.90. The van der Waals surface area contributed by atoms with Crippen molar-refractivity contribution in [2.75, 3.05) is 16.8 Å². The number of carbonyl (C=O) groups excluding carboxylic acids is 1. The number of carbonyl (C=O) groups is 1. The Labute approximate surface area is 177 Å². The number of rotatable bonds is 4. The molecule has 2 fully saturated rings. The molecule has 4 rings (SSSR count). The topological polar surface area (TPSA) is 87.6 Å². The fraction of sp³-hybridized carbons (Fsp3) is 0.619. The average molecular weight is 436 g/mol. The molecule has 29 heavy (non-hydrogen) atoms. The molecule has 1 saturated carbocycles. The first-order valence-corrected chi connectivity index (χ1v) is 13.1. The number of benzene rings is 1. The van der Waals surface area contributed by atoms with Gasteiger partial charge in [0.2, 0.25) is 5.91 Å². The maximum absolute atomic E-state index is 12.5. The lowest BCUT2D eigenvalue weighted by Gasteiger charge is -2.34. The SMILES string of the molecule is C[C@@H]1[C@H](C)CCC[C@@H]1NC(=O)Cc1ccc(NC2=N[C@@H]3CS(=O)(=O)C[C@@H]3S2)cc1. The smallest absolute Gasteiger partial charge is 0.224 e. The molecule has 0 radical (unpaired) electrons. The number of nitrogens with one attached hydrogen (secondary N) is 2. The highest BCUT2D eigenvalue weighted by Gasteiger charge is 2.42. The molecule has 0 bridgehead atoms. The summed E-state index contributed by atoms with van der Waals surface area (Å²) in [6, 6.07) is 7.97. The number of nitrogens with zero attached hydrogens (tertiary/aromatic N) is 1. The van der Waals surface area contributed by atoms with Crippen LogP contribution in [0.2, 0.25) is 0 Å². The van der Waals surface area contributed by atoms with Crippen LogP contribution in [0.15, 0.2) is 29.3 Å². The van der Waals surface area contributed by atoms with E-state index in [-0.39, 0.29) is 34.7 Å². The Bertz CT molecular complexity index is 898. The van der Waals surface area contributed by atoms with Crippen molar-refractivity contribution < 1.29 is 13.2 Å². The number of amidine groups is 1. The molecule has 5 atom stereocenters. The van der Waals surface area contributed by atoms with E-state index in [1.165, 1.54) is 24.6 Å². The van der Waals surface area contributed by atoms with Crippen molar-refractivity contribution in [2.45, 2.75) is 56.9 Å². The van der Waals surface area contributed by atoms with Gasteiger partial charge in [-0.3, -0.25) is 9.79 Å². The lowest BCUT2D eigenvalue weighted by Crippen LogP contribution is -2.44. The van der Waals surface area contributed by atoms with Gasteiger partial charge in [0.15, 0.2) is 15.0 Å². The molecule has 1 saturated heterocycles. The van der Waals surface area contributed by atoms with Crippen molar-refractivity contribution in [3.8, 4) is 0 Å². The molecule has 0 unspecified atom stereocenters. The Hall–Kier alpha value is -1.54. The summed E-state index contributed by atoms with van der Waals surface area (Å²) in [6.45, 7) is 4.51. The van der Waals surface area contributed by atoms with Gasteiger partial charge < -0.3 is 10.6 Å². The third-order valence-electron chi connectivity index (χ3n) is 6.44. The first-order valence-electron chi connectivity index (χ1n) is 10.4. The van der Waals surface area contributed by atoms with Crippen LogP contribution in [0.25, 0.3) is 0 Å². The molecule has 158 valence electrons. The van der Waals surface area contributed by atoms with Crippen LogP contribution in [0.3, 0.4) is 0 Å². The zero-order valence-electron chi connectivity index (χ0n) is 16.9. The molecule has 6 nitrogen and oxygen atoms in total. The molecular formula is C21H29N3O3S2. The largest absolute Gasteiger partial charge is 0.353 e. The lowest BCUT2D eigenvalue weighted by atomic mass is 9.78. The van der Waals surface area contributed by atoms with E-state index in [4.69, 9.17) is 0 Å². The highest BCUT2D eigenvalue weighted by atomic mass is 32.2. The zero-order valence-corrected chi connectivity index (χ0v) is 18.6. The van der Waals surface area contributed by atoms with Crippen LogP contribution in [-0.4, -0.2) is 48.3 Å². The summed E-state index contributed by atoms with van der Waals surface area (Å²) in [5, 5.41) is 7.31. The summed E-state index contributed by atoms with van der Waals surface area (Å²) in [5.41, 5.74) is 1.88.